The summed E-state index contributed by atoms with van der Waals surface area (Å²) >= 11 is 12.0. The van der Waals surface area contributed by atoms with Crippen LogP contribution in [0.5, 0.6) is 17.2 Å². The average Bonchev–Trinajstić information content (AvgIpc) is 3.06. The minimum Gasteiger partial charge on any atom is -0.507 e. The highest BCUT2D eigenvalue weighted by molar-refractivity contribution is 6.42. The second-order valence-corrected chi connectivity index (χ2v) is 13.2. The zero-order valence-corrected chi connectivity index (χ0v) is 28.0. The highest BCUT2D eigenvalue weighted by Gasteiger charge is 2.49. The number of phenolic OH excluding ortho intramolecular Hbond substituents is 2. The molecular formula is C34H33Cl2N3O10. The summed E-state index contributed by atoms with van der Waals surface area (Å²) in [5, 5.41) is 50.4. The predicted octanol–water partition coefficient (Wildman–Crippen LogP) is 3.55. The predicted molar refractivity (Wildman–Crippen MR) is 177 cm³/mol. The minimum absolute atomic E-state index is 0.0145. The normalized spacial score (nSPS) is 26.4. The van der Waals surface area contributed by atoms with E-state index in [0.29, 0.717) is 0 Å². The van der Waals surface area contributed by atoms with Crippen LogP contribution in [-0.4, -0.2) is 80.9 Å². The van der Waals surface area contributed by atoms with Gasteiger partial charge in [-0.25, -0.2) is 5.43 Å². The molecule has 3 aliphatic rings. The van der Waals surface area contributed by atoms with Crippen LogP contribution in [0.3, 0.4) is 0 Å². The number of aliphatic hydroxyl groups excluding tert-OH is 1. The van der Waals surface area contributed by atoms with E-state index >= 15 is 0 Å². The quantitative estimate of drug-likeness (QED) is 0.0966. The van der Waals surface area contributed by atoms with Gasteiger partial charge in [0.1, 0.15) is 22.8 Å². The van der Waals surface area contributed by atoms with E-state index < -0.39 is 82.8 Å². The van der Waals surface area contributed by atoms with E-state index in [1.807, 2.05) is 0 Å². The molecule has 2 aliphatic carbocycles. The van der Waals surface area contributed by atoms with Gasteiger partial charge in [-0.1, -0.05) is 35.3 Å². The number of methoxy groups -OCH3 is 1. The summed E-state index contributed by atoms with van der Waals surface area (Å²) in [5.74, 6) is -3.32. The smallest absolute Gasteiger partial charge is 0.271 e. The molecule has 6 rings (SSSR count). The van der Waals surface area contributed by atoms with Gasteiger partial charge in [0.15, 0.2) is 12.1 Å². The number of nitrogens with two attached hydrogens (primary N) is 1. The van der Waals surface area contributed by atoms with Crippen molar-refractivity contribution in [2.45, 2.75) is 69.4 Å². The van der Waals surface area contributed by atoms with Crippen molar-refractivity contribution in [2.24, 2.45) is 10.8 Å². The molecule has 0 bridgehead atoms. The van der Waals surface area contributed by atoms with Crippen molar-refractivity contribution in [2.75, 3.05) is 7.11 Å². The van der Waals surface area contributed by atoms with Crippen molar-refractivity contribution in [3.63, 3.8) is 0 Å². The van der Waals surface area contributed by atoms with Gasteiger partial charge in [0, 0.05) is 47.6 Å². The molecule has 7 N–H and O–H groups in total. The molecule has 1 amide bonds. The fourth-order valence-electron chi connectivity index (χ4n) is 6.61. The Balaban J connectivity index is 1.44. The average molecular weight is 715 g/mol. The maximum Gasteiger partial charge on any atom is 0.271 e. The van der Waals surface area contributed by atoms with Crippen LogP contribution in [0.2, 0.25) is 10.0 Å². The Hall–Kier alpha value is -4.08. The van der Waals surface area contributed by atoms with Crippen LogP contribution >= 0.6 is 23.2 Å². The third kappa shape index (κ3) is 5.95. The fourth-order valence-corrected chi connectivity index (χ4v) is 6.90. The molecule has 0 spiro atoms. The van der Waals surface area contributed by atoms with E-state index in [4.69, 9.17) is 43.1 Å². The molecule has 3 aromatic carbocycles. The number of carbonyl (C=O) groups excluding carboxylic acids is 3. The molecule has 0 radical (unpaired) electrons. The van der Waals surface area contributed by atoms with Crippen molar-refractivity contribution < 1.29 is 49.0 Å². The lowest BCUT2D eigenvalue weighted by Crippen LogP contribution is -2.52. The monoisotopic (exact) mass is 713 g/mol. The van der Waals surface area contributed by atoms with Crippen molar-refractivity contribution >= 4 is 46.4 Å². The number of amides is 1. The molecule has 1 heterocycles. The first-order valence-electron chi connectivity index (χ1n) is 15.3. The number of hydrogen-bond acceptors (Lipinski definition) is 12. The number of halogens is 2. The number of ketones is 2. The van der Waals surface area contributed by atoms with Crippen molar-refractivity contribution in [1.82, 2.24) is 5.43 Å². The molecule has 258 valence electrons. The third-order valence-corrected chi connectivity index (χ3v) is 10.1. The molecule has 0 saturated carbocycles. The number of hydrogen-bond donors (Lipinski definition) is 6. The lowest BCUT2D eigenvalue weighted by molar-refractivity contribution is -0.245. The molecular weight excluding hydrogens is 681 g/mol. The minimum atomic E-state index is -1.94. The van der Waals surface area contributed by atoms with E-state index in [2.05, 4.69) is 10.5 Å². The molecule has 6 unspecified atom stereocenters. The number of phenols is 2. The van der Waals surface area contributed by atoms with Crippen LogP contribution in [0.1, 0.15) is 86.1 Å². The Morgan fingerprint density at radius 3 is 2.47 bits per heavy atom. The molecule has 15 heteroatoms. The SMILES string of the molecule is COc1cccc2c1C(=O)c1c(O)c3c(c(O)c1C2=O)CC(O)(C(C)=NNC(=O)c1ccc(Cl)c(Cl)c1)CC3OC1CC(N)C(O)C(C)O1. The van der Waals surface area contributed by atoms with E-state index in [0.717, 1.165) is 0 Å². The van der Waals surface area contributed by atoms with Gasteiger partial charge in [0.25, 0.3) is 5.91 Å². The van der Waals surface area contributed by atoms with Crippen LogP contribution in [-0.2, 0) is 15.9 Å². The zero-order chi connectivity index (χ0) is 35.5. The molecule has 49 heavy (non-hydrogen) atoms. The Labute approximate surface area is 290 Å². The number of aliphatic hydroxyl groups is 2. The van der Waals surface area contributed by atoms with Crippen LogP contribution in [0.4, 0.5) is 0 Å². The standard InChI is InChI=1S/C34H33Cl2N3O10/c1-13-28(40)20(37)10-23(48-13)49-22-12-34(46,14(2)38-39-33(45)15-7-8-18(35)19(36)9-15)11-17-25(22)32(44)27-26(30(17)42)29(41)16-5-4-6-21(47-3)24(16)31(27)43/h4-9,13,20,22-23,28,40,42,44,46H,10-12,37H2,1-3H3,(H,39,45). The number of carbonyl (C=O) groups is 3. The summed E-state index contributed by atoms with van der Waals surface area (Å²) < 4.78 is 17.5. The number of aromatic hydroxyl groups is 2. The lowest BCUT2D eigenvalue weighted by Gasteiger charge is -2.42. The molecule has 6 atom stereocenters. The van der Waals surface area contributed by atoms with Crippen molar-refractivity contribution in [3.8, 4) is 17.2 Å². The van der Waals surface area contributed by atoms with Gasteiger partial charge in [0.05, 0.1) is 57.9 Å². The number of fused-ring (bicyclic) bond motifs is 3. The Bertz CT molecular complexity index is 1920. The van der Waals surface area contributed by atoms with Gasteiger partial charge in [0.2, 0.25) is 5.78 Å². The van der Waals surface area contributed by atoms with Crippen LogP contribution in [0, 0.1) is 0 Å². The molecule has 3 aromatic rings. The molecule has 13 nitrogen and oxygen atoms in total. The fraction of sp³-hybridized carbons (Fsp3) is 0.353. The highest BCUT2D eigenvalue weighted by atomic mass is 35.5. The van der Waals surface area contributed by atoms with Crippen molar-refractivity contribution in [3.05, 3.63) is 85.4 Å². The number of nitrogens with zero attached hydrogens (tertiary/aromatic N) is 1. The van der Waals surface area contributed by atoms with Crippen molar-refractivity contribution in [1.29, 1.82) is 0 Å². The maximum absolute atomic E-state index is 13.9. The zero-order valence-electron chi connectivity index (χ0n) is 26.5. The molecule has 0 aromatic heterocycles. The highest BCUT2D eigenvalue weighted by Crippen LogP contribution is 2.52. The topological polar surface area (TPSA) is 210 Å². The summed E-state index contributed by atoms with van der Waals surface area (Å²) in [4.78, 5) is 40.6. The largest absolute Gasteiger partial charge is 0.507 e. The lowest BCUT2D eigenvalue weighted by atomic mass is 9.71. The van der Waals surface area contributed by atoms with Gasteiger partial charge in [-0.05, 0) is 38.1 Å². The second-order valence-electron chi connectivity index (χ2n) is 12.3. The summed E-state index contributed by atoms with van der Waals surface area (Å²) in [6, 6.07) is 7.92. The Morgan fingerprint density at radius 1 is 1.08 bits per heavy atom. The van der Waals surface area contributed by atoms with Gasteiger partial charge in [-0.15, -0.1) is 0 Å². The van der Waals surface area contributed by atoms with Crippen LogP contribution in [0.25, 0.3) is 0 Å². The van der Waals surface area contributed by atoms with E-state index in [1.165, 1.54) is 50.4 Å². The van der Waals surface area contributed by atoms with Gasteiger partial charge in [-0.2, -0.15) is 5.10 Å². The summed E-state index contributed by atoms with van der Waals surface area (Å²) in [7, 11) is 1.33. The number of hydrazone groups is 1. The molecule has 1 fully saturated rings. The molecule has 1 aliphatic heterocycles. The third-order valence-electron chi connectivity index (χ3n) is 9.32. The Kier molecular flexibility index (Phi) is 9.22. The van der Waals surface area contributed by atoms with Crippen LogP contribution < -0.4 is 15.9 Å². The summed E-state index contributed by atoms with van der Waals surface area (Å²) in [6.07, 6.45) is -4.71. The van der Waals surface area contributed by atoms with Crippen LogP contribution in [0.15, 0.2) is 41.5 Å². The molecule has 1 saturated heterocycles. The first kappa shape index (κ1) is 34.8. The maximum atomic E-state index is 13.9. The first-order valence-corrected chi connectivity index (χ1v) is 16.1. The summed E-state index contributed by atoms with van der Waals surface area (Å²) in [5.41, 5.74) is 5.55. The van der Waals surface area contributed by atoms with E-state index in [1.54, 1.807) is 6.92 Å². The van der Waals surface area contributed by atoms with E-state index in [9.17, 15) is 34.8 Å². The second kappa shape index (κ2) is 13.0. The first-order chi connectivity index (χ1) is 23.2. The Morgan fingerprint density at radius 2 is 1.80 bits per heavy atom. The number of benzene rings is 3. The van der Waals surface area contributed by atoms with Gasteiger partial charge >= 0.3 is 0 Å². The van der Waals surface area contributed by atoms with Gasteiger partial charge in [-0.3, -0.25) is 14.4 Å². The number of rotatable bonds is 6. The van der Waals surface area contributed by atoms with E-state index in [-0.39, 0.29) is 62.2 Å². The number of ether oxygens (including phenoxy) is 3. The summed E-state index contributed by atoms with van der Waals surface area (Å²) in [6.45, 7) is 3.04. The van der Waals surface area contributed by atoms with Gasteiger partial charge < -0.3 is 40.4 Å². The number of nitrogens with one attached hydrogen (secondary N) is 1.